The first-order chi connectivity index (χ1) is 10.6. The van der Waals surface area contributed by atoms with Gasteiger partial charge in [-0.3, -0.25) is 4.90 Å². The Morgan fingerprint density at radius 2 is 2.05 bits per heavy atom. The van der Waals surface area contributed by atoms with Crippen LogP contribution in [0.3, 0.4) is 0 Å². The third kappa shape index (κ3) is 3.52. The second-order valence-corrected chi connectivity index (χ2v) is 6.19. The summed E-state index contributed by atoms with van der Waals surface area (Å²) >= 11 is 0. The van der Waals surface area contributed by atoms with Crippen LogP contribution in [0.25, 0.3) is 0 Å². The number of esters is 1. The van der Waals surface area contributed by atoms with Crippen LogP contribution < -0.4 is 0 Å². The molecule has 0 N–H and O–H groups in total. The molecule has 1 aliphatic carbocycles. The number of nitriles is 1. The van der Waals surface area contributed by atoms with Gasteiger partial charge in [-0.25, -0.2) is 9.59 Å². The fourth-order valence-electron chi connectivity index (χ4n) is 3.84. The summed E-state index contributed by atoms with van der Waals surface area (Å²) in [5.74, 6) is 0.828. The van der Waals surface area contributed by atoms with Crippen LogP contribution in [-0.4, -0.2) is 43.3 Å². The van der Waals surface area contributed by atoms with E-state index in [1.54, 1.807) is 6.92 Å². The first-order valence-electron chi connectivity index (χ1n) is 7.98. The van der Waals surface area contributed by atoms with E-state index in [2.05, 4.69) is 6.07 Å². The van der Waals surface area contributed by atoms with Crippen molar-refractivity contribution in [3.05, 3.63) is 0 Å². The summed E-state index contributed by atoms with van der Waals surface area (Å²) in [7, 11) is 1.33. The summed E-state index contributed by atoms with van der Waals surface area (Å²) in [6, 6.07) is 1.69. The average Bonchev–Trinajstić information content (AvgIpc) is 2.53. The van der Waals surface area contributed by atoms with Gasteiger partial charge in [0.15, 0.2) is 0 Å². The van der Waals surface area contributed by atoms with Gasteiger partial charge in [0.1, 0.15) is 6.04 Å². The van der Waals surface area contributed by atoms with Crippen molar-refractivity contribution in [1.29, 1.82) is 5.26 Å². The summed E-state index contributed by atoms with van der Waals surface area (Å²) in [5, 5.41) is 8.88. The number of fused-ring (bicyclic) bond motifs is 1. The first-order valence-corrected chi connectivity index (χ1v) is 7.98. The fourth-order valence-corrected chi connectivity index (χ4v) is 3.84. The van der Waals surface area contributed by atoms with E-state index in [1.807, 2.05) is 0 Å². The van der Waals surface area contributed by atoms with Crippen molar-refractivity contribution in [1.82, 2.24) is 4.90 Å². The molecule has 6 nitrogen and oxygen atoms in total. The molecule has 1 saturated carbocycles. The number of hydrogen-bond acceptors (Lipinski definition) is 5. The van der Waals surface area contributed by atoms with Crippen LogP contribution in [0.15, 0.2) is 0 Å². The molecule has 4 atom stereocenters. The van der Waals surface area contributed by atoms with Crippen LogP contribution in [0.4, 0.5) is 4.79 Å². The van der Waals surface area contributed by atoms with Gasteiger partial charge >= 0.3 is 12.1 Å². The first kappa shape index (κ1) is 16.6. The van der Waals surface area contributed by atoms with Crippen LogP contribution in [0, 0.1) is 29.1 Å². The third-order valence-electron chi connectivity index (χ3n) is 4.93. The lowest BCUT2D eigenvalue weighted by atomic mass is 9.68. The number of piperidine rings is 1. The molecule has 0 aromatic carbocycles. The zero-order valence-corrected chi connectivity index (χ0v) is 13.3. The lowest BCUT2D eigenvalue weighted by Gasteiger charge is -2.45. The van der Waals surface area contributed by atoms with Gasteiger partial charge in [0.05, 0.1) is 19.8 Å². The fraction of sp³-hybridized carbons (Fsp3) is 0.812. The number of ether oxygens (including phenoxy) is 2. The maximum Gasteiger partial charge on any atom is 0.410 e. The summed E-state index contributed by atoms with van der Waals surface area (Å²) in [6.07, 6.45) is 3.71. The number of carbonyl (C=O) groups excluding carboxylic acids is 2. The van der Waals surface area contributed by atoms with Gasteiger partial charge in [-0.2, -0.15) is 5.26 Å². The maximum absolute atomic E-state index is 12.2. The molecule has 1 aliphatic heterocycles. The molecule has 122 valence electrons. The monoisotopic (exact) mass is 308 g/mol. The minimum absolute atomic E-state index is 0.301. The van der Waals surface area contributed by atoms with Crippen LogP contribution in [0.1, 0.15) is 39.0 Å². The highest BCUT2D eigenvalue weighted by Crippen LogP contribution is 2.42. The maximum atomic E-state index is 12.2. The molecular weight excluding hydrogens is 284 g/mol. The quantitative estimate of drug-likeness (QED) is 0.748. The standard InChI is InChI=1S/C16H24N2O4/c1-3-22-15(19)14-9-13-8-11(6-7-17)4-5-12(13)10-18(14)16(20)21-2/h11-14H,3-6,8-10H2,1-2H3/t11-,12-,13+,14-/m0/s1. The van der Waals surface area contributed by atoms with E-state index < -0.39 is 12.1 Å². The number of hydrogen-bond donors (Lipinski definition) is 0. The largest absolute Gasteiger partial charge is 0.464 e. The Morgan fingerprint density at radius 1 is 1.27 bits per heavy atom. The van der Waals surface area contributed by atoms with Gasteiger partial charge in [-0.1, -0.05) is 0 Å². The van der Waals surface area contributed by atoms with Gasteiger partial charge in [-0.15, -0.1) is 0 Å². The zero-order chi connectivity index (χ0) is 16.1. The number of rotatable bonds is 3. The van der Waals surface area contributed by atoms with Crippen molar-refractivity contribution in [2.45, 2.75) is 45.1 Å². The molecule has 2 aliphatic rings. The predicted molar refractivity (Wildman–Crippen MR) is 78.7 cm³/mol. The number of methoxy groups -OCH3 is 1. The number of likely N-dealkylation sites (tertiary alicyclic amines) is 1. The second-order valence-electron chi connectivity index (χ2n) is 6.19. The SMILES string of the molecule is CCOC(=O)[C@@H]1C[C@H]2C[C@H](CC#N)CC[C@H]2CN1C(=O)OC. The molecule has 0 aromatic rings. The molecule has 0 spiro atoms. The van der Waals surface area contributed by atoms with E-state index in [9.17, 15) is 9.59 Å². The number of amides is 1. The topological polar surface area (TPSA) is 79.6 Å². The summed E-state index contributed by atoms with van der Waals surface area (Å²) < 4.78 is 9.94. The second kappa shape index (κ2) is 7.48. The molecule has 0 aromatic heterocycles. The Hall–Kier alpha value is -1.77. The molecule has 2 rings (SSSR count). The zero-order valence-electron chi connectivity index (χ0n) is 13.3. The molecule has 0 bridgehead atoms. The lowest BCUT2D eigenvalue weighted by Crippen LogP contribution is -2.55. The van der Waals surface area contributed by atoms with Gasteiger partial charge in [-0.05, 0) is 50.4 Å². The normalized spacial score (nSPS) is 30.9. The smallest absolute Gasteiger partial charge is 0.410 e. The van der Waals surface area contributed by atoms with Gasteiger partial charge in [0.2, 0.25) is 0 Å². The van der Waals surface area contributed by atoms with Crippen LogP contribution >= 0.6 is 0 Å². The number of nitrogens with zero attached hydrogens (tertiary/aromatic N) is 2. The van der Waals surface area contributed by atoms with E-state index >= 15 is 0 Å². The van der Waals surface area contributed by atoms with Gasteiger partial charge < -0.3 is 9.47 Å². The van der Waals surface area contributed by atoms with E-state index in [0.29, 0.717) is 43.7 Å². The van der Waals surface area contributed by atoms with Crippen molar-refractivity contribution < 1.29 is 19.1 Å². The van der Waals surface area contributed by atoms with Crippen molar-refractivity contribution in [2.24, 2.45) is 17.8 Å². The summed E-state index contributed by atoms with van der Waals surface area (Å²) in [5.41, 5.74) is 0. The van der Waals surface area contributed by atoms with Crippen LogP contribution in [0.5, 0.6) is 0 Å². The Labute approximate surface area is 131 Å². The number of carbonyl (C=O) groups is 2. The highest BCUT2D eigenvalue weighted by atomic mass is 16.6. The van der Waals surface area contributed by atoms with Gasteiger partial charge in [0.25, 0.3) is 0 Å². The Morgan fingerprint density at radius 3 is 2.68 bits per heavy atom. The van der Waals surface area contributed by atoms with Crippen LogP contribution in [-0.2, 0) is 14.3 Å². The molecule has 2 fully saturated rings. The molecule has 1 amide bonds. The third-order valence-corrected chi connectivity index (χ3v) is 4.93. The summed E-state index contributed by atoms with van der Waals surface area (Å²) in [6.45, 7) is 2.60. The lowest BCUT2D eigenvalue weighted by molar-refractivity contribution is -0.152. The van der Waals surface area contributed by atoms with Crippen molar-refractivity contribution in [3.8, 4) is 6.07 Å². The molecular formula is C16H24N2O4. The molecule has 6 heteroatoms. The Kier molecular flexibility index (Phi) is 5.64. The van der Waals surface area contributed by atoms with E-state index in [-0.39, 0.29) is 5.97 Å². The Balaban J connectivity index is 2.10. The highest BCUT2D eigenvalue weighted by molar-refractivity contribution is 5.81. The van der Waals surface area contributed by atoms with Gasteiger partial charge in [0, 0.05) is 13.0 Å². The molecule has 0 unspecified atom stereocenters. The van der Waals surface area contributed by atoms with Crippen molar-refractivity contribution in [2.75, 3.05) is 20.3 Å². The minimum atomic E-state index is -0.561. The minimum Gasteiger partial charge on any atom is -0.464 e. The average molecular weight is 308 g/mol. The van der Waals surface area contributed by atoms with Crippen LogP contribution in [0.2, 0.25) is 0 Å². The van der Waals surface area contributed by atoms with E-state index in [1.165, 1.54) is 12.0 Å². The van der Waals surface area contributed by atoms with Crippen molar-refractivity contribution in [3.63, 3.8) is 0 Å². The molecule has 1 saturated heterocycles. The molecule has 22 heavy (non-hydrogen) atoms. The molecule has 1 heterocycles. The predicted octanol–water partition coefficient (Wildman–Crippen LogP) is 2.34. The Bertz CT molecular complexity index is 460. The van der Waals surface area contributed by atoms with Crippen molar-refractivity contribution >= 4 is 12.1 Å². The highest BCUT2D eigenvalue weighted by Gasteiger charge is 2.44. The van der Waals surface area contributed by atoms with E-state index in [4.69, 9.17) is 14.7 Å². The summed E-state index contributed by atoms with van der Waals surface area (Å²) in [4.78, 5) is 25.7. The molecule has 0 radical (unpaired) electrons. The van der Waals surface area contributed by atoms with E-state index in [0.717, 1.165) is 19.3 Å².